The first-order chi connectivity index (χ1) is 27.3. The summed E-state index contributed by atoms with van der Waals surface area (Å²) < 4.78 is 29.2. The number of rotatable bonds is 9. The van der Waals surface area contributed by atoms with Crippen molar-refractivity contribution >= 4 is 63.9 Å². The van der Waals surface area contributed by atoms with Crippen LogP contribution < -0.4 is 19.3 Å². The van der Waals surface area contributed by atoms with E-state index in [1.54, 1.807) is 58.3 Å². The van der Waals surface area contributed by atoms with Gasteiger partial charge in [-0.15, -0.1) is 0 Å². The number of pyridine rings is 1. The summed E-state index contributed by atoms with van der Waals surface area (Å²) in [6.45, 7) is 9.00. The number of oxazole rings is 1. The number of hydrogen-bond donors (Lipinski definition) is 0. The maximum Gasteiger partial charge on any atom is 0.410 e. The van der Waals surface area contributed by atoms with Gasteiger partial charge < -0.3 is 47.9 Å². The van der Waals surface area contributed by atoms with Crippen molar-refractivity contribution in [1.82, 2.24) is 24.7 Å². The quantitative estimate of drug-likeness (QED) is 0.213. The van der Waals surface area contributed by atoms with Crippen LogP contribution in [0.25, 0.3) is 11.1 Å². The molecule has 2 fully saturated rings. The number of amides is 3. The van der Waals surface area contributed by atoms with E-state index in [-0.39, 0.29) is 37.5 Å². The Morgan fingerprint density at radius 1 is 0.947 bits per heavy atom. The fourth-order valence-electron chi connectivity index (χ4n) is 7.29. The number of hydrogen-bond acceptors (Lipinski definition) is 12. The summed E-state index contributed by atoms with van der Waals surface area (Å²) in [7, 11) is 3.16. The van der Waals surface area contributed by atoms with E-state index in [1.807, 2.05) is 43.9 Å². The summed E-state index contributed by atoms with van der Waals surface area (Å²) in [6, 6.07) is 9.30. The zero-order chi connectivity index (χ0) is 40.4. The third-order valence-electron chi connectivity index (χ3n) is 10.3. The number of carbonyl (C=O) groups excluding carboxylic acids is 3. The highest BCUT2D eigenvalue weighted by molar-refractivity contribution is 6.35. The van der Waals surface area contributed by atoms with Crippen molar-refractivity contribution in [2.45, 2.75) is 52.0 Å². The third kappa shape index (κ3) is 9.10. The Labute approximate surface area is 341 Å². The predicted octanol–water partition coefficient (Wildman–Crippen LogP) is 5.42. The van der Waals surface area contributed by atoms with Gasteiger partial charge in [-0.05, 0) is 62.6 Å². The normalized spacial score (nSPS) is 17.4. The second-order valence-electron chi connectivity index (χ2n) is 15.2. The molecule has 5 heterocycles. The minimum atomic E-state index is -0.725. The van der Waals surface area contributed by atoms with Gasteiger partial charge in [-0.2, -0.15) is 4.98 Å². The van der Waals surface area contributed by atoms with Crippen molar-refractivity contribution in [2.75, 3.05) is 83.0 Å². The van der Waals surface area contributed by atoms with Crippen molar-refractivity contribution < 1.29 is 37.7 Å². The molecule has 4 aromatic rings. The molecule has 0 bridgehead atoms. The van der Waals surface area contributed by atoms with Crippen LogP contribution in [0.3, 0.4) is 0 Å². The molecule has 2 aromatic heterocycles. The summed E-state index contributed by atoms with van der Waals surface area (Å²) in [5.74, 6) is 0.911. The Bertz CT molecular complexity index is 2130. The number of carbonyl (C=O) groups is 3. The molecular formula is C40H47Cl2N7O8. The van der Waals surface area contributed by atoms with Gasteiger partial charge in [0.2, 0.25) is 5.91 Å². The van der Waals surface area contributed by atoms with Gasteiger partial charge in [-0.3, -0.25) is 14.6 Å². The molecule has 17 heteroatoms. The monoisotopic (exact) mass is 823 g/mol. The summed E-state index contributed by atoms with van der Waals surface area (Å²) >= 11 is 12.7. The summed E-state index contributed by atoms with van der Waals surface area (Å²) in [6.07, 6.45) is 2.82. The van der Waals surface area contributed by atoms with Crippen LogP contribution in [-0.4, -0.2) is 127 Å². The third-order valence-corrected chi connectivity index (χ3v) is 10.8. The number of halogens is 2. The fraction of sp³-hybridized carbons (Fsp3) is 0.475. The highest BCUT2D eigenvalue weighted by Crippen LogP contribution is 2.34. The van der Waals surface area contributed by atoms with Crippen molar-refractivity contribution in [3.8, 4) is 11.5 Å². The van der Waals surface area contributed by atoms with Crippen molar-refractivity contribution in [3.05, 3.63) is 69.5 Å². The van der Waals surface area contributed by atoms with Gasteiger partial charge in [0.15, 0.2) is 11.7 Å². The number of fused-ring (bicyclic) bond motifs is 2. The minimum absolute atomic E-state index is 0.0689. The molecule has 3 aliphatic heterocycles. The highest BCUT2D eigenvalue weighted by Gasteiger charge is 2.35. The first-order valence-corrected chi connectivity index (χ1v) is 19.6. The molecule has 0 aliphatic carbocycles. The minimum Gasteiger partial charge on any atom is -0.497 e. The lowest BCUT2D eigenvalue weighted by molar-refractivity contribution is -0.145. The molecule has 1 unspecified atom stereocenters. The topological polar surface area (TPSA) is 143 Å². The van der Waals surface area contributed by atoms with E-state index in [0.29, 0.717) is 97.2 Å². The Morgan fingerprint density at radius 2 is 1.72 bits per heavy atom. The van der Waals surface area contributed by atoms with Crippen LogP contribution in [0.5, 0.6) is 11.5 Å². The fourth-order valence-corrected chi connectivity index (χ4v) is 7.88. The van der Waals surface area contributed by atoms with Crippen molar-refractivity contribution in [1.29, 1.82) is 0 Å². The van der Waals surface area contributed by atoms with E-state index in [0.717, 1.165) is 16.7 Å². The van der Waals surface area contributed by atoms with Crippen LogP contribution in [0.2, 0.25) is 10.0 Å². The van der Waals surface area contributed by atoms with Gasteiger partial charge in [0.1, 0.15) is 34.8 Å². The Hall–Kier alpha value is -4.99. The molecular weight excluding hydrogens is 777 g/mol. The summed E-state index contributed by atoms with van der Waals surface area (Å²) in [5, 5.41) is 1.12. The smallest absolute Gasteiger partial charge is 0.410 e. The highest BCUT2D eigenvalue weighted by atomic mass is 35.5. The van der Waals surface area contributed by atoms with Gasteiger partial charge in [-0.1, -0.05) is 23.2 Å². The molecule has 3 amide bonds. The molecule has 0 saturated carbocycles. The van der Waals surface area contributed by atoms with E-state index in [2.05, 4.69) is 4.98 Å². The van der Waals surface area contributed by atoms with E-state index in [9.17, 15) is 14.4 Å². The van der Waals surface area contributed by atoms with Crippen LogP contribution in [0.1, 0.15) is 37.5 Å². The lowest BCUT2D eigenvalue weighted by atomic mass is 9.99. The van der Waals surface area contributed by atoms with E-state index < -0.39 is 17.8 Å². The lowest BCUT2D eigenvalue weighted by Gasteiger charge is -2.37. The number of methoxy groups -OCH3 is 2. The molecule has 0 spiro atoms. The Balaban J connectivity index is 1.11. The zero-order valence-corrected chi connectivity index (χ0v) is 34.3. The Morgan fingerprint density at radius 3 is 2.46 bits per heavy atom. The molecule has 2 saturated heterocycles. The van der Waals surface area contributed by atoms with Gasteiger partial charge in [-0.25, -0.2) is 4.79 Å². The number of nitrogens with zero attached hydrogens (tertiary/aromatic N) is 7. The number of piperazine rings is 1. The molecule has 15 nitrogen and oxygen atoms in total. The molecule has 1 atom stereocenters. The van der Waals surface area contributed by atoms with Crippen molar-refractivity contribution in [2.24, 2.45) is 0 Å². The van der Waals surface area contributed by atoms with Crippen LogP contribution in [-0.2, 0) is 38.6 Å². The van der Waals surface area contributed by atoms with Crippen LogP contribution in [0, 0.1) is 0 Å². The van der Waals surface area contributed by atoms with Crippen LogP contribution in [0.4, 0.5) is 16.5 Å². The number of morpholine rings is 1. The molecule has 3 aliphatic rings. The van der Waals surface area contributed by atoms with Crippen LogP contribution in [0.15, 0.2) is 47.1 Å². The maximum atomic E-state index is 13.9. The average molecular weight is 825 g/mol. The second-order valence-corrected chi connectivity index (χ2v) is 16.1. The van der Waals surface area contributed by atoms with E-state index >= 15 is 0 Å². The molecule has 2 aromatic carbocycles. The summed E-state index contributed by atoms with van der Waals surface area (Å²) in [5.41, 5.74) is 3.71. The first-order valence-electron chi connectivity index (χ1n) is 18.9. The Kier molecular flexibility index (Phi) is 11.9. The SMILES string of the molecule is COc1ccc(CN(CC(=O)N2CCN(C(=O)OC(C)(C)C)CC2)c2nc3cncc(N4CCOC(C(=O)N5CCc6cc(Cl)cc(Cl)c6C5)C4)c3o2)c(OC)c1. The van der Waals surface area contributed by atoms with Crippen molar-refractivity contribution in [3.63, 3.8) is 0 Å². The number of anilines is 2. The van der Waals surface area contributed by atoms with Gasteiger partial charge in [0, 0.05) is 67.5 Å². The molecule has 304 valence electrons. The van der Waals surface area contributed by atoms with Gasteiger partial charge in [0.25, 0.3) is 11.9 Å². The standard InChI is InChI=1S/C40H47Cl2N7O8/c1-40(2,3)57-39(52)46-12-10-45(11-13-46)35(50)24-49(21-26-6-7-28(53-4)18-33(26)54-5)38-44-31-19-43-20-32(36(31)56-38)47-14-15-55-34(23-47)37(51)48-9-8-25-16-27(41)17-30(42)29(25)22-48/h6-7,16-20,34H,8-15,21-24H2,1-5H3. The van der Waals surface area contributed by atoms with E-state index in [4.69, 9.17) is 51.6 Å². The lowest BCUT2D eigenvalue weighted by Crippen LogP contribution is -2.53. The van der Waals surface area contributed by atoms with Gasteiger partial charge >= 0.3 is 6.09 Å². The largest absolute Gasteiger partial charge is 0.497 e. The second kappa shape index (κ2) is 16.9. The van der Waals surface area contributed by atoms with Gasteiger partial charge in [0.05, 0.1) is 46.3 Å². The molecule has 0 radical (unpaired) electrons. The number of benzene rings is 2. The molecule has 0 N–H and O–H groups in total. The maximum absolute atomic E-state index is 13.9. The predicted molar refractivity (Wildman–Crippen MR) is 214 cm³/mol. The first kappa shape index (κ1) is 40.2. The zero-order valence-electron chi connectivity index (χ0n) is 32.8. The average Bonchev–Trinajstić information content (AvgIpc) is 3.64. The molecule has 57 heavy (non-hydrogen) atoms. The van der Waals surface area contributed by atoms with E-state index in [1.165, 1.54) is 0 Å². The molecule has 7 rings (SSSR count). The summed E-state index contributed by atoms with van der Waals surface area (Å²) in [4.78, 5) is 58.7. The number of aromatic nitrogens is 2. The van der Waals surface area contributed by atoms with Crippen LogP contribution >= 0.6 is 23.2 Å². The number of ether oxygens (including phenoxy) is 4.